The summed E-state index contributed by atoms with van der Waals surface area (Å²) in [5.41, 5.74) is 1.10. The lowest BCUT2D eigenvalue weighted by atomic mass is 10.3. The van der Waals surface area contributed by atoms with E-state index in [1.165, 1.54) is 0 Å². The number of hydrogen-bond acceptors (Lipinski definition) is 3. The summed E-state index contributed by atoms with van der Waals surface area (Å²) in [6.45, 7) is 8.57. The van der Waals surface area contributed by atoms with Crippen LogP contribution in [0.25, 0.3) is 0 Å². The fourth-order valence-corrected chi connectivity index (χ4v) is 4.54. The SMILES string of the molecule is CCO[Si](C)(CCCNc1ccc(Cl)cc1)OCC. The van der Waals surface area contributed by atoms with Gasteiger partial charge in [0.25, 0.3) is 0 Å². The lowest BCUT2D eigenvalue weighted by Crippen LogP contribution is -2.39. The first kappa shape index (κ1) is 16.5. The van der Waals surface area contributed by atoms with E-state index in [0.717, 1.165) is 42.9 Å². The highest BCUT2D eigenvalue weighted by Crippen LogP contribution is 2.17. The quantitative estimate of drug-likeness (QED) is 0.545. The van der Waals surface area contributed by atoms with Gasteiger partial charge in [-0.25, -0.2) is 0 Å². The van der Waals surface area contributed by atoms with Crippen molar-refractivity contribution in [2.45, 2.75) is 32.9 Å². The summed E-state index contributed by atoms with van der Waals surface area (Å²) in [5.74, 6) is 0. The van der Waals surface area contributed by atoms with Crippen LogP contribution in [-0.4, -0.2) is 28.3 Å². The van der Waals surface area contributed by atoms with Gasteiger partial charge in [-0.05, 0) is 57.1 Å². The van der Waals surface area contributed by atoms with Crippen molar-refractivity contribution in [1.82, 2.24) is 0 Å². The summed E-state index contributed by atoms with van der Waals surface area (Å²) >= 11 is 5.85. The Morgan fingerprint density at radius 3 is 2.21 bits per heavy atom. The molecule has 0 amide bonds. The van der Waals surface area contributed by atoms with Gasteiger partial charge >= 0.3 is 8.56 Å². The second-order valence-electron chi connectivity index (χ2n) is 4.54. The van der Waals surface area contributed by atoms with Crippen molar-refractivity contribution < 1.29 is 8.85 Å². The highest BCUT2D eigenvalue weighted by atomic mass is 35.5. The highest BCUT2D eigenvalue weighted by Gasteiger charge is 2.29. The Hall–Kier alpha value is -0.553. The van der Waals surface area contributed by atoms with Gasteiger partial charge in [0, 0.05) is 30.5 Å². The molecule has 0 heterocycles. The molecule has 19 heavy (non-hydrogen) atoms. The van der Waals surface area contributed by atoms with Crippen LogP contribution < -0.4 is 5.32 Å². The van der Waals surface area contributed by atoms with Crippen LogP contribution >= 0.6 is 11.6 Å². The molecule has 0 fully saturated rings. The molecule has 5 heteroatoms. The van der Waals surface area contributed by atoms with Crippen LogP contribution in [0.2, 0.25) is 17.6 Å². The molecule has 0 spiro atoms. The van der Waals surface area contributed by atoms with Crippen molar-refractivity contribution in [3.63, 3.8) is 0 Å². The number of halogens is 1. The smallest absolute Gasteiger partial charge is 0.334 e. The molecular formula is C14H24ClNO2Si. The molecule has 0 aliphatic rings. The average Bonchev–Trinajstić information content (AvgIpc) is 2.37. The molecule has 1 N–H and O–H groups in total. The van der Waals surface area contributed by atoms with Crippen LogP contribution in [0.1, 0.15) is 20.3 Å². The molecule has 1 rings (SSSR count). The molecule has 108 valence electrons. The third-order valence-corrected chi connectivity index (χ3v) is 6.19. The van der Waals surface area contributed by atoms with Crippen molar-refractivity contribution >= 4 is 25.8 Å². The molecule has 0 saturated carbocycles. The lowest BCUT2D eigenvalue weighted by molar-refractivity contribution is 0.188. The van der Waals surface area contributed by atoms with Gasteiger partial charge in [0.05, 0.1) is 0 Å². The largest absolute Gasteiger partial charge is 0.395 e. The Labute approximate surface area is 122 Å². The van der Waals surface area contributed by atoms with E-state index in [-0.39, 0.29) is 0 Å². The maximum atomic E-state index is 5.85. The van der Waals surface area contributed by atoms with E-state index in [0.29, 0.717) is 0 Å². The normalized spacial score (nSPS) is 11.6. The van der Waals surface area contributed by atoms with E-state index in [9.17, 15) is 0 Å². The van der Waals surface area contributed by atoms with Crippen LogP contribution in [0, 0.1) is 0 Å². The predicted molar refractivity (Wildman–Crippen MR) is 84.2 cm³/mol. The summed E-state index contributed by atoms with van der Waals surface area (Å²) in [5, 5.41) is 4.14. The minimum atomic E-state index is -1.96. The molecule has 0 aliphatic heterocycles. The van der Waals surface area contributed by atoms with Crippen LogP contribution in [0.15, 0.2) is 24.3 Å². The van der Waals surface area contributed by atoms with Gasteiger partial charge in [-0.3, -0.25) is 0 Å². The Kier molecular flexibility index (Phi) is 7.46. The van der Waals surface area contributed by atoms with Crippen LogP contribution in [0.5, 0.6) is 0 Å². The molecule has 1 aromatic rings. The van der Waals surface area contributed by atoms with Crippen molar-refractivity contribution in [3.8, 4) is 0 Å². The highest BCUT2D eigenvalue weighted by molar-refractivity contribution is 6.66. The summed E-state index contributed by atoms with van der Waals surface area (Å²) in [6, 6.07) is 8.77. The van der Waals surface area contributed by atoms with E-state index in [2.05, 4.69) is 11.9 Å². The zero-order valence-electron chi connectivity index (χ0n) is 12.0. The monoisotopic (exact) mass is 301 g/mol. The van der Waals surface area contributed by atoms with E-state index in [1.54, 1.807) is 0 Å². The molecule has 0 radical (unpaired) electrons. The van der Waals surface area contributed by atoms with Crippen LogP contribution in [0.3, 0.4) is 0 Å². The Bertz CT molecular complexity index is 353. The first-order valence-electron chi connectivity index (χ1n) is 6.87. The minimum Gasteiger partial charge on any atom is -0.395 e. The maximum absolute atomic E-state index is 5.85. The molecule has 0 unspecified atom stereocenters. The van der Waals surface area contributed by atoms with Crippen molar-refractivity contribution in [1.29, 1.82) is 0 Å². The van der Waals surface area contributed by atoms with Gasteiger partial charge in [0.1, 0.15) is 0 Å². The molecule has 0 bridgehead atoms. The molecule has 0 atom stereocenters. The molecule has 0 saturated heterocycles. The van der Waals surface area contributed by atoms with E-state index < -0.39 is 8.56 Å². The lowest BCUT2D eigenvalue weighted by Gasteiger charge is -2.26. The van der Waals surface area contributed by atoms with Crippen LogP contribution in [-0.2, 0) is 8.85 Å². The molecular weight excluding hydrogens is 278 g/mol. The first-order chi connectivity index (χ1) is 9.09. The Morgan fingerprint density at radius 1 is 1.11 bits per heavy atom. The zero-order valence-corrected chi connectivity index (χ0v) is 13.8. The fourth-order valence-electron chi connectivity index (χ4n) is 2.01. The van der Waals surface area contributed by atoms with E-state index in [4.69, 9.17) is 20.5 Å². The minimum absolute atomic E-state index is 0.729. The fraction of sp³-hybridized carbons (Fsp3) is 0.571. The topological polar surface area (TPSA) is 30.5 Å². The molecule has 0 aliphatic carbocycles. The third-order valence-electron chi connectivity index (χ3n) is 2.88. The first-order valence-corrected chi connectivity index (χ1v) is 9.77. The number of nitrogens with one attached hydrogen (secondary N) is 1. The van der Waals surface area contributed by atoms with Gasteiger partial charge in [-0.2, -0.15) is 0 Å². The summed E-state index contributed by atoms with van der Waals surface area (Å²) in [4.78, 5) is 0. The van der Waals surface area contributed by atoms with Crippen molar-refractivity contribution in [2.75, 3.05) is 25.1 Å². The average molecular weight is 302 g/mol. The second kappa shape index (κ2) is 8.58. The van der Waals surface area contributed by atoms with Gasteiger partial charge in [0.2, 0.25) is 0 Å². The molecule has 3 nitrogen and oxygen atoms in total. The second-order valence-corrected chi connectivity index (χ2v) is 8.32. The number of anilines is 1. The maximum Gasteiger partial charge on any atom is 0.334 e. The zero-order chi connectivity index (χ0) is 14.1. The summed E-state index contributed by atoms with van der Waals surface area (Å²) in [7, 11) is -1.96. The molecule has 0 aromatic heterocycles. The molecule has 1 aromatic carbocycles. The standard InChI is InChI=1S/C14H24ClNO2Si/c1-4-17-19(3,18-5-2)12-6-11-16-14-9-7-13(15)8-10-14/h7-10,16H,4-6,11-12H2,1-3H3. The van der Waals surface area contributed by atoms with E-state index >= 15 is 0 Å². The summed E-state index contributed by atoms with van der Waals surface area (Å²) < 4.78 is 11.6. The van der Waals surface area contributed by atoms with Crippen LogP contribution in [0.4, 0.5) is 5.69 Å². The van der Waals surface area contributed by atoms with Crippen molar-refractivity contribution in [2.24, 2.45) is 0 Å². The van der Waals surface area contributed by atoms with Gasteiger partial charge in [-0.15, -0.1) is 0 Å². The van der Waals surface area contributed by atoms with Gasteiger partial charge in [0.15, 0.2) is 0 Å². The van der Waals surface area contributed by atoms with Gasteiger partial charge in [-0.1, -0.05) is 11.6 Å². The van der Waals surface area contributed by atoms with Crippen molar-refractivity contribution in [3.05, 3.63) is 29.3 Å². The number of benzene rings is 1. The Balaban J connectivity index is 2.30. The third kappa shape index (κ3) is 6.43. The predicted octanol–water partition coefficient (Wildman–Crippen LogP) is 4.29. The van der Waals surface area contributed by atoms with Gasteiger partial charge < -0.3 is 14.2 Å². The number of rotatable bonds is 9. The summed E-state index contributed by atoms with van der Waals surface area (Å²) in [6.07, 6.45) is 1.05. The van der Waals surface area contributed by atoms with E-state index in [1.807, 2.05) is 38.1 Å². The Morgan fingerprint density at radius 2 is 1.68 bits per heavy atom. The number of hydrogen-bond donors (Lipinski definition) is 1.